The molecule has 1 nitrogen and oxygen atoms in total. The first-order valence-corrected chi connectivity index (χ1v) is 7.50. The summed E-state index contributed by atoms with van der Waals surface area (Å²) in [6, 6.07) is 4.63. The Balaban J connectivity index is 2.10. The second kappa shape index (κ2) is 5.92. The SMILES string of the molecule is C=C(C(N)Cc1c(C)cc(C)cc1C)C1CCCC1. The quantitative estimate of drug-likeness (QED) is 0.803. The van der Waals surface area contributed by atoms with Gasteiger partial charge in [-0.15, -0.1) is 0 Å². The van der Waals surface area contributed by atoms with E-state index in [0.29, 0.717) is 5.92 Å². The monoisotopic (exact) mass is 257 g/mol. The molecule has 1 fully saturated rings. The molecule has 0 saturated heterocycles. The molecular formula is C18H27N. The van der Waals surface area contributed by atoms with Crippen LogP contribution in [0.15, 0.2) is 24.3 Å². The number of benzene rings is 1. The molecule has 0 aromatic heterocycles. The van der Waals surface area contributed by atoms with Gasteiger partial charge in [0.05, 0.1) is 0 Å². The Morgan fingerprint density at radius 3 is 2.26 bits per heavy atom. The van der Waals surface area contributed by atoms with Gasteiger partial charge in [0.1, 0.15) is 0 Å². The van der Waals surface area contributed by atoms with Crippen molar-refractivity contribution >= 4 is 0 Å². The standard InChI is InChI=1S/C18H27N/c1-12-9-13(2)17(14(3)10-12)11-18(19)15(4)16-7-5-6-8-16/h9-10,16,18H,4-8,11,19H2,1-3H3. The molecule has 104 valence electrons. The fourth-order valence-corrected chi connectivity index (χ4v) is 3.48. The first-order chi connectivity index (χ1) is 8.99. The lowest BCUT2D eigenvalue weighted by molar-refractivity contribution is 0.572. The molecule has 0 amide bonds. The predicted octanol–water partition coefficient (Wildman–Crippen LogP) is 4.23. The van der Waals surface area contributed by atoms with Crippen LogP contribution < -0.4 is 5.73 Å². The second-order valence-electron chi connectivity index (χ2n) is 6.24. The van der Waals surface area contributed by atoms with E-state index >= 15 is 0 Å². The average molecular weight is 257 g/mol. The first kappa shape index (κ1) is 14.3. The van der Waals surface area contributed by atoms with Crippen LogP contribution in [-0.4, -0.2) is 6.04 Å². The first-order valence-electron chi connectivity index (χ1n) is 7.50. The largest absolute Gasteiger partial charge is 0.324 e. The van der Waals surface area contributed by atoms with Crippen LogP contribution in [0, 0.1) is 26.7 Å². The van der Waals surface area contributed by atoms with Gasteiger partial charge >= 0.3 is 0 Å². The van der Waals surface area contributed by atoms with Crippen molar-refractivity contribution in [3.63, 3.8) is 0 Å². The normalized spacial score (nSPS) is 17.7. The van der Waals surface area contributed by atoms with E-state index in [9.17, 15) is 0 Å². The minimum absolute atomic E-state index is 0.114. The maximum Gasteiger partial charge on any atom is 0.0294 e. The minimum Gasteiger partial charge on any atom is -0.324 e. The molecule has 1 aliphatic rings. The van der Waals surface area contributed by atoms with Crippen molar-refractivity contribution in [1.82, 2.24) is 0 Å². The van der Waals surface area contributed by atoms with Gasteiger partial charge in [0, 0.05) is 6.04 Å². The molecule has 1 aliphatic carbocycles. The lowest BCUT2D eigenvalue weighted by Gasteiger charge is -2.22. The molecular weight excluding hydrogens is 230 g/mol. The summed E-state index contributed by atoms with van der Waals surface area (Å²) in [5.41, 5.74) is 13.2. The Bertz CT molecular complexity index is 444. The van der Waals surface area contributed by atoms with Crippen LogP contribution in [0.3, 0.4) is 0 Å². The van der Waals surface area contributed by atoms with Crippen LogP contribution in [0.1, 0.15) is 47.9 Å². The van der Waals surface area contributed by atoms with E-state index in [1.165, 1.54) is 53.5 Å². The predicted molar refractivity (Wildman–Crippen MR) is 83.4 cm³/mol. The van der Waals surface area contributed by atoms with Crippen molar-refractivity contribution in [2.24, 2.45) is 11.7 Å². The van der Waals surface area contributed by atoms with Gasteiger partial charge in [-0.25, -0.2) is 0 Å². The van der Waals surface area contributed by atoms with Crippen LogP contribution in [-0.2, 0) is 6.42 Å². The number of nitrogens with two attached hydrogens (primary N) is 1. The molecule has 0 bridgehead atoms. The average Bonchev–Trinajstić information content (AvgIpc) is 2.86. The van der Waals surface area contributed by atoms with Crippen LogP contribution in [0.2, 0.25) is 0 Å². The van der Waals surface area contributed by atoms with Crippen molar-refractivity contribution in [2.45, 2.75) is 58.9 Å². The molecule has 1 atom stereocenters. The summed E-state index contributed by atoms with van der Waals surface area (Å²) in [6.07, 6.45) is 6.21. The zero-order valence-electron chi connectivity index (χ0n) is 12.6. The molecule has 1 heteroatoms. The number of aryl methyl sites for hydroxylation is 3. The van der Waals surface area contributed by atoms with Crippen molar-refractivity contribution in [2.75, 3.05) is 0 Å². The van der Waals surface area contributed by atoms with Crippen LogP contribution in [0.5, 0.6) is 0 Å². The van der Waals surface area contributed by atoms with E-state index < -0.39 is 0 Å². The highest BCUT2D eigenvalue weighted by Gasteiger charge is 2.22. The third-order valence-corrected chi connectivity index (χ3v) is 4.62. The van der Waals surface area contributed by atoms with Gasteiger partial charge in [-0.2, -0.15) is 0 Å². The van der Waals surface area contributed by atoms with Gasteiger partial charge in [-0.1, -0.05) is 42.7 Å². The van der Waals surface area contributed by atoms with Gasteiger partial charge in [0.15, 0.2) is 0 Å². The summed E-state index contributed by atoms with van der Waals surface area (Å²) >= 11 is 0. The Kier molecular flexibility index (Phi) is 4.46. The van der Waals surface area contributed by atoms with E-state index in [1.807, 2.05) is 0 Å². The lowest BCUT2D eigenvalue weighted by atomic mass is 9.87. The van der Waals surface area contributed by atoms with Gasteiger partial charge in [0.25, 0.3) is 0 Å². The summed E-state index contributed by atoms with van der Waals surface area (Å²) in [5, 5.41) is 0. The topological polar surface area (TPSA) is 26.0 Å². The maximum absolute atomic E-state index is 6.41. The Labute approximate surface area is 117 Å². The number of rotatable bonds is 4. The van der Waals surface area contributed by atoms with Crippen molar-refractivity contribution in [1.29, 1.82) is 0 Å². The summed E-state index contributed by atoms with van der Waals surface area (Å²) in [7, 11) is 0. The molecule has 1 unspecified atom stereocenters. The molecule has 2 rings (SSSR count). The van der Waals surface area contributed by atoms with E-state index in [0.717, 1.165) is 6.42 Å². The van der Waals surface area contributed by atoms with Crippen LogP contribution in [0.25, 0.3) is 0 Å². The van der Waals surface area contributed by atoms with E-state index in [4.69, 9.17) is 5.73 Å². The van der Waals surface area contributed by atoms with Crippen molar-refractivity contribution in [3.05, 3.63) is 46.5 Å². The van der Waals surface area contributed by atoms with Crippen LogP contribution >= 0.6 is 0 Å². The smallest absolute Gasteiger partial charge is 0.0294 e. The van der Waals surface area contributed by atoms with Crippen molar-refractivity contribution < 1.29 is 0 Å². The Morgan fingerprint density at radius 2 is 1.74 bits per heavy atom. The fourth-order valence-electron chi connectivity index (χ4n) is 3.48. The van der Waals surface area contributed by atoms with Crippen molar-refractivity contribution in [3.8, 4) is 0 Å². The summed E-state index contributed by atoms with van der Waals surface area (Å²) in [6.45, 7) is 10.8. The summed E-state index contributed by atoms with van der Waals surface area (Å²) < 4.78 is 0. The summed E-state index contributed by atoms with van der Waals surface area (Å²) in [5.74, 6) is 0.668. The molecule has 1 saturated carbocycles. The van der Waals surface area contributed by atoms with E-state index in [2.05, 4.69) is 39.5 Å². The maximum atomic E-state index is 6.41. The van der Waals surface area contributed by atoms with Gasteiger partial charge < -0.3 is 5.73 Å². The molecule has 2 N–H and O–H groups in total. The highest BCUT2D eigenvalue weighted by molar-refractivity contribution is 5.38. The Morgan fingerprint density at radius 1 is 1.21 bits per heavy atom. The molecule has 0 heterocycles. The Hall–Kier alpha value is -1.08. The molecule has 0 aliphatic heterocycles. The highest BCUT2D eigenvalue weighted by Crippen LogP contribution is 2.32. The van der Waals surface area contributed by atoms with E-state index in [1.54, 1.807) is 0 Å². The summed E-state index contributed by atoms with van der Waals surface area (Å²) in [4.78, 5) is 0. The third-order valence-electron chi connectivity index (χ3n) is 4.62. The molecule has 0 spiro atoms. The number of hydrogen-bond donors (Lipinski definition) is 1. The molecule has 19 heavy (non-hydrogen) atoms. The second-order valence-corrected chi connectivity index (χ2v) is 6.24. The van der Waals surface area contributed by atoms with Gasteiger partial charge in [-0.3, -0.25) is 0 Å². The van der Waals surface area contributed by atoms with Gasteiger partial charge in [0.2, 0.25) is 0 Å². The zero-order chi connectivity index (χ0) is 14.0. The fraction of sp³-hybridized carbons (Fsp3) is 0.556. The van der Waals surface area contributed by atoms with E-state index in [-0.39, 0.29) is 6.04 Å². The molecule has 1 aromatic rings. The van der Waals surface area contributed by atoms with Crippen LogP contribution in [0.4, 0.5) is 0 Å². The lowest BCUT2D eigenvalue weighted by Crippen LogP contribution is -2.28. The minimum atomic E-state index is 0.114. The highest BCUT2D eigenvalue weighted by atomic mass is 14.6. The third kappa shape index (κ3) is 3.27. The molecule has 0 radical (unpaired) electrons. The number of hydrogen-bond acceptors (Lipinski definition) is 1. The zero-order valence-corrected chi connectivity index (χ0v) is 12.6. The molecule has 1 aromatic carbocycles. The van der Waals surface area contributed by atoms with Gasteiger partial charge in [-0.05, 0) is 62.6 Å².